The van der Waals surface area contributed by atoms with Crippen molar-refractivity contribution in [3.05, 3.63) is 75.7 Å². The first kappa shape index (κ1) is 26.7. The molecule has 194 valence electrons. The van der Waals surface area contributed by atoms with Crippen molar-refractivity contribution in [3.63, 3.8) is 0 Å². The molecule has 1 aromatic heterocycles. The molecule has 2 aromatic carbocycles. The maximum Gasteiger partial charge on any atom is 0.289 e. The summed E-state index contributed by atoms with van der Waals surface area (Å²) in [7, 11) is 0. The van der Waals surface area contributed by atoms with E-state index in [-0.39, 0.29) is 17.5 Å². The van der Waals surface area contributed by atoms with Gasteiger partial charge in [-0.1, -0.05) is 18.2 Å². The fraction of sp³-hybridized carbons (Fsp3) is 0.333. The number of likely N-dealkylation sites (tertiary alicyclic amines) is 1. The average Bonchev–Trinajstić information content (AvgIpc) is 3.43. The largest absolute Gasteiger partial charge is 0.494 e. The molecule has 0 atom stereocenters. The van der Waals surface area contributed by atoms with Gasteiger partial charge in [0.15, 0.2) is 0 Å². The number of benzene rings is 2. The van der Waals surface area contributed by atoms with Gasteiger partial charge in [-0.15, -0.1) is 23.1 Å². The Balaban J connectivity index is 1.25. The topological polar surface area (TPSA) is 101 Å². The second-order valence-electron chi connectivity index (χ2n) is 8.62. The van der Waals surface area contributed by atoms with Gasteiger partial charge in [-0.3, -0.25) is 25.2 Å². The first-order valence-corrected chi connectivity index (χ1v) is 14.3. The third kappa shape index (κ3) is 7.11. The van der Waals surface area contributed by atoms with Gasteiger partial charge in [0.25, 0.3) is 11.8 Å². The molecule has 0 aliphatic carbocycles. The molecule has 8 nitrogen and oxygen atoms in total. The summed E-state index contributed by atoms with van der Waals surface area (Å²) >= 11 is 3.11. The highest BCUT2D eigenvalue weighted by Crippen LogP contribution is 2.30. The third-order valence-electron chi connectivity index (χ3n) is 6.16. The SMILES string of the molecule is CCOc1cccc(C(=O)NNC(=O)c2csc(C3CCN(C(=O)Cc4ccc(SC)cc4)CC3)n2)c1. The first-order chi connectivity index (χ1) is 18.0. The second kappa shape index (κ2) is 12.7. The molecule has 3 aromatic rings. The number of nitrogens with zero attached hydrogens (tertiary/aromatic N) is 2. The minimum Gasteiger partial charge on any atom is -0.494 e. The van der Waals surface area contributed by atoms with E-state index in [0.29, 0.717) is 37.4 Å². The zero-order chi connectivity index (χ0) is 26.2. The molecule has 1 saturated heterocycles. The fourth-order valence-corrected chi connectivity index (χ4v) is 5.51. The van der Waals surface area contributed by atoms with Crippen LogP contribution < -0.4 is 15.6 Å². The van der Waals surface area contributed by atoms with E-state index in [9.17, 15) is 14.4 Å². The Morgan fingerprint density at radius 1 is 1.08 bits per heavy atom. The molecule has 10 heteroatoms. The highest BCUT2D eigenvalue weighted by molar-refractivity contribution is 7.98. The maximum atomic E-state index is 12.8. The molecule has 0 spiro atoms. The van der Waals surface area contributed by atoms with E-state index in [1.54, 1.807) is 41.4 Å². The van der Waals surface area contributed by atoms with E-state index < -0.39 is 11.8 Å². The first-order valence-electron chi connectivity index (χ1n) is 12.2. The summed E-state index contributed by atoms with van der Waals surface area (Å²) in [5.74, 6) is 0.00661. The molecule has 1 aliphatic rings. The van der Waals surface area contributed by atoms with E-state index >= 15 is 0 Å². The van der Waals surface area contributed by atoms with Crippen molar-refractivity contribution in [1.29, 1.82) is 0 Å². The van der Waals surface area contributed by atoms with Crippen LogP contribution in [0.4, 0.5) is 0 Å². The Bertz CT molecular complexity index is 1240. The van der Waals surface area contributed by atoms with Gasteiger partial charge in [-0.05, 0) is 61.9 Å². The van der Waals surface area contributed by atoms with Gasteiger partial charge < -0.3 is 9.64 Å². The molecule has 0 bridgehead atoms. The van der Waals surface area contributed by atoms with Crippen molar-refractivity contribution in [2.45, 2.75) is 37.0 Å². The number of piperidine rings is 1. The summed E-state index contributed by atoms with van der Waals surface area (Å²) < 4.78 is 5.41. The zero-order valence-electron chi connectivity index (χ0n) is 20.9. The Hall–Kier alpha value is -3.37. The number of amides is 3. The second-order valence-corrected chi connectivity index (χ2v) is 10.4. The van der Waals surface area contributed by atoms with Gasteiger partial charge in [-0.25, -0.2) is 4.98 Å². The number of thiazole rings is 1. The predicted octanol–water partition coefficient (Wildman–Crippen LogP) is 4.29. The zero-order valence-corrected chi connectivity index (χ0v) is 22.5. The molecule has 1 fully saturated rings. The Labute approximate surface area is 224 Å². The van der Waals surface area contributed by atoms with Gasteiger partial charge in [0.05, 0.1) is 18.0 Å². The number of carbonyl (C=O) groups excluding carboxylic acids is 3. The van der Waals surface area contributed by atoms with Gasteiger partial charge in [0.1, 0.15) is 11.4 Å². The number of ether oxygens (including phenoxy) is 1. The van der Waals surface area contributed by atoms with E-state index in [1.807, 2.05) is 42.3 Å². The van der Waals surface area contributed by atoms with Crippen molar-refractivity contribution in [2.24, 2.45) is 0 Å². The van der Waals surface area contributed by atoms with Crippen molar-refractivity contribution in [3.8, 4) is 5.75 Å². The lowest BCUT2D eigenvalue weighted by atomic mass is 9.97. The number of carbonyl (C=O) groups is 3. The molecule has 37 heavy (non-hydrogen) atoms. The number of aromatic nitrogens is 1. The van der Waals surface area contributed by atoms with Crippen LogP contribution in [0.25, 0.3) is 0 Å². The van der Waals surface area contributed by atoms with E-state index in [1.165, 1.54) is 16.2 Å². The lowest BCUT2D eigenvalue weighted by Crippen LogP contribution is -2.41. The molecule has 1 aliphatic heterocycles. The quantitative estimate of drug-likeness (QED) is 0.328. The van der Waals surface area contributed by atoms with Crippen LogP contribution in [0, 0.1) is 0 Å². The van der Waals surface area contributed by atoms with Crippen LogP contribution in [0.5, 0.6) is 5.75 Å². The van der Waals surface area contributed by atoms with Crippen molar-refractivity contribution >= 4 is 40.8 Å². The molecule has 2 heterocycles. The van der Waals surface area contributed by atoms with E-state index in [0.717, 1.165) is 23.4 Å². The predicted molar refractivity (Wildman–Crippen MR) is 145 cm³/mol. The van der Waals surface area contributed by atoms with Crippen molar-refractivity contribution in [1.82, 2.24) is 20.7 Å². The van der Waals surface area contributed by atoms with Crippen LogP contribution >= 0.6 is 23.1 Å². The van der Waals surface area contributed by atoms with Crippen LogP contribution in [0.3, 0.4) is 0 Å². The van der Waals surface area contributed by atoms with Gasteiger partial charge in [0, 0.05) is 34.8 Å². The monoisotopic (exact) mass is 538 g/mol. The lowest BCUT2D eigenvalue weighted by molar-refractivity contribution is -0.131. The summed E-state index contributed by atoms with van der Waals surface area (Å²) in [6.45, 7) is 3.70. The molecular formula is C27H30N4O4S2. The smallest absolute Gasteiger partial charge is 0.289 e. The molecule has 0 saturated carbocycles. The summed E-state index contributed by atoms with van der Waals surface area (Å²) in [5, 5.41) is 2.57. The third-order valence-corrected chi connectivity index (χ3v) is 7.91. The Morgan fingerprint density at radius 2 is 1.81 bits per heavy atom. The molecule has 2 N–H and O–H groups in total. The highest BCUT2D eigenvalue weighted by Gasteiger charge is 2.26. The molecule has 3 amide bonds. The minimum absolute atomic E-state index is 0.136. The van der Waals surface area contributed by atoms with Crippen molar-refractivity contribution < 1.29 is 19.1 Å². The van der Waals surface area contributed by atoms with E-state index in [4.69, 9.17) is 4.74 Å². The number of thioether (sulfide) groups is 1. The summed E-state index contributed by atoms with van der Waals surface area (Å²) in [4.78, 5) is 45.3. The standard InChI is InChI=1S/C27H30N4O4S2/c1-3-35-21-6-4-5-20(16-21)25(33)29-30-26(34)23-17-37-27(28-23)19-11-13-31(14-12-19)24(32)15-18-7-9-22(36-2)10-8-18/h4-10,16-17,19H,3,11-15H2,1-2H3,(H,29,33)(H,30,34). The lowest BCUT2D eigenvalue weighted by Gasteiger charge is -2.31. The van der Waals surface area contributed by atoms with Crippen LogP contribution in [0.2, 0.25) is 0 Å². The van der Waals surface area contributed by atoms with Crippen molar-refractivity contribution in [2.75, 3.05) is 26.0 Å². The number of hydrogen-bond acceptors (Lipinski definition) is 7. The van der Waals surface area contributed by atoms with Gasteiger partial charge in [-0.2, -0.15) is 0 Å². The minimum atomic E-state index is -0.475. The number of rotatable bonds is 8. The molecule has 0 radical (unpaired) electrons. The van der Waals surface area contributed by atoms with Crippen LogP contribution in [0.1, 0.15) is 57.1 Å². The fourth-order valence-electron chi connectivity index (χ4n) is 4.13. The maximum absolute atomic E-state index is 12.8. The van der Waals surface area contributed by atoms with Crippen LogP contribution in [-0.2, 0) is 11.2 Å². The molecular weight excluding hydrogens is 508 g/mol. The number of hydrazine groups is 1. The summed E-state index contributed by atoms with van der Waals surface area (Å²) in [5.41, 5.74) is 6.51. The van der Waals surface area contributed by atoms with Gasteiger partial charge in [0.2, 0.25) is 5.91 Å². The molecule has 4 rings (SSSR count). The highest BCUT2D eigenvalue weighted by atomic mass is 32.2. The van der Waals surface area contributed by atoms with Crippen LogP contribution in [-0.4, -0.2) is 53.6 Å². The van der Waals surface area contributed by atoms with Gasteiger partial charge >= 0.3 is 0 Å². The summed E-state index contributed by atoms with van der Waals surface area (Å²) in [6, 6.07) is 14.9. The number of hydrogen-bond donors (Lipinski definition) is 2. The molecule has 0 unspecified atom stereocenters. The average molecular weight is 539 g/mol. The normalized spacial score (nSPS) is 13.7. The Morgan fingerprint density at radius 3 is 2.51 bits per heavy atom. The summed E-state index contributed by atoms with van der Waals surface area (Å²) in [6.07, 6.45) is 4.05. The number of nitrogens with one attached hydrogen (secondary N) is 2. The van der Waals surface area contributed by atoms with E-state index in [2.05, 4.69) is 15.8 Å². The van der Waals surface area contributed by atoms with Crippen LogP contribution in [0.15, 0.2) is 58.8 Å². The Kier molecular flexibility index (Phi) is 9.19.